The largest absolute Gasteiger partial charge is 0.468 e. The summed E-state index contributed by atoms with van der Waals surface area (Å²) in [6.07, 6.45) is 3.26. The monoisotopic (exact) mass is 343 g/mol. The van der Waals surface area contributed by atoms with Gasteiger partial charge in [0, 0.05) is 6.54 Å². The third kappa shape index (κ3) is 5.30. The summed E-state index contributed by atoms with van der Waals surface area (Å²) >= 11 is 0. The highest BCUT2D eigenvalue weighted by molar-refractivity contribution is 5.80. The van der Waals surface area contributed by atoms with Crippen LogP contribution in [-0.2, 0) is 20.9 Å². The van der Waals surface area contributed by atoms with Crippen molar-refractivity contribution in [1.29, 1.82) is 5.26 Å². The van der Waals surface area contributed by atoms with Crippen LogP contribution in [0.2, 0.25) is 0 Å². The van der Waals surface area contributed by atoms with Crippen LogP contribution in [0.15, 0.2) is 24.3 Å². The molecule has 1 amide bonds. The van der Waals surface area contributed by atoms with Crippen LogP contribution in [0.5, 0.6) is 0 Å². The van der Waals surface area contributed by atoms with Crippen LogP contribution < -0.4 is 5.32 Å². The molecule has 1 fully saturated rings. The lowest BCUT2D eigenvalue weighted by Crippen LogP contribution is -2.49. The molecule has 1 saturated carbocycles. The van der Waals surface area contributed by atoms with E-state index in [0.717, 1.165) is 24.0 Å². The number of hydrogen-bond donors (Lipinski definition) is 1. The molecular weight excluding hydrogens is 318 g/mol. The molecule has 0 spiro atoms. The SMILES string of the molecule is COC(=O)CN(CC(=O)NC1(C#N)CCCC1)Cc1ccccc1C. The van der Waals surface area contributed by atoms with E-state index in [9.17, 15) is 14.9 Å². The standard InChI is InChI=1S/C19H25N3O3/c1-15-7-3-4-8-16(15)11-22(13-18(24)25-2)12-17(23)21-19(14-20)9-5-6-10-19/h3-4,7-8H,5-6,9-13H2,1-2H3,(H,21,23). The molecule has 2 rings (SSSR count). The van der Waals surface area contributed by atoms with Gasteiger partial charge in [0.25, 0.3) is 0 Å². The molecule has 1 aromatic carbocycles. The topological polar surface area (TPSA) is 82.4 Å². The zero-order chi connectivity index (χ0) is 18.3. The number of carbonyl (C=O) groups excluding carboxylic acids is 2. The Labute approximate surface area is 148 Å². The summed E-state index contributed by atoms with van der Waals surface area (Å²) in [5.74, 6) is -0.627. The molecule has 6 nitrogen and oxygen atoms in total. The van der Waals surface area contributed by atoms with Crippen molar-refractivity contribution in [3.8, 4) is 6.07 Å². The quantitative estimate of drug-likeness (QED) is 0.765. The molecule has 0 unspecified atom stereocenters. The zero-order valence-electron chi connectivity index (χ0n) is 14.9. The molecule has 0 aromatic heterocycles. The van der Waals surface area contributed by atoms with Crippen LogP contribution >= 0.6 is 0 Å². The molecular formula is C19H25N3O3. The molecule has 1 aliphatic rings. The van der Waals surface area contributed by atoms with Crippen molar-refractivity contribution < 1.29 is 14.3 Å². The van der Waals surface area contributed by atoms with Gasteiger partial charge in [-0.15, -0.1) is 0 Å². The van der Waals surface area contributed by atoms with Gasteiger partial charge in [-0.1, -0.05) is 24.3 Å². The van der Waals surface area contributed by atoms with Crippen molar-refractivity contribution in [3.05, 3.63) is 35.4 Å². The number of amides is 1. The first-order chi connectivity index (χ1) is 12.0. The van der Waals surface area contributed by atoms with Crippen molar-refractivity contribution in [3.63, 3.8) is 0 Å². The summed E-state index contributed by atoms with van der Waals surface area (Å²) in [4.78, 5) is 25.9. The van der Waals surface area contributed by atoms with Crippen LogP contribution in [0.1, 0.15) is 36.8 Å². The zero-order valence-corrected chi connectivity index (χ0v) is 14.9. The molecule has 0 radical (unpaired) electrons. The molecule has 1 aromatic rings. The molecule has 134 valence electrons. The lowest BCUT2D eigenvalue weighted by Gasteiger charge is -2.26. The Morgan fingerprint density at radius 2 is 1.96 bits per heavy atom. The van der Waals surface area contributed by atoms with E-state index in [1.54, 1.807) is 4.90 Å². The number of benzene rings is 1. The molecule has 0 atom stereocenters. The molecule has 6 heteroatoms. The van der Waals surface area contributed by atoms with Gasteiger partial charge in [-0.2, -0.15) is 5.26 Å². The predicted octanol–water partition coefficient (Wildman–Crippen LogP) is 1.92. The van der Waals surface area contributed by atoms with E-state index in [4.69, 9.17) is 4.74 Å². The van der Waals surface area contributed by atoms with Gasteiger partial charge in [-0.05, 0) is 43.7 Å². The van der Waals surface area contributed by atoms with Crippen LogP contribution in [0, 0.1) is 18.3 Å². The number of methoxy groups -OCH3 is 1. The third-order valence-corrected chi connectivity index (χ3v) is 4.65. The first kappa shape index (κ1) is 18.9. The van der Waals surface area contributed by atoms with E-state index in [1.807, 2.05) is 31.2 Å². The second-order valence-electron chi connectivity index (χ2n) is 6.60. The fourth-order valence-corrected chi connectivity index (χ4v) is 3.20. The number of hydrogen-bond acceptors (Lipinski definition) is 5. The number of nitriles is 1. The Balaban J connectivity index is 2.05. The summed E-state index contributed by atoms with van der Waals surface area (Å²) in [7, 11) is 1.33. The summed E-state index contributed by atoms with van der Waals surface area (Å²) in [6, 6.07) is 10.1. The Bertz CT molecular complexity index is 660. The predicted molar refractivity (Wildman–Crippen MR) is 93.4 cm³/mol. The fraction of sp³-hybridized carbons (Fsp3) is 0.526. The van der Waals surface area contributed by atoms with E-state index in [1.165, 1.54) is 7.11 Å². The molecule has 0 saturated heterocycles. The van der Waals surface area contributed by atoms with E-state index in [-0.39, 0.29) is 19.0 Å². The van der Waals surface area contributed by atoms with E-state index >= 15 is 0 Å². The Morgan fingerprint density at radius 3 is 2.56 bits per heavy atom. The summed E-state index contributed by atoms with van der Waals surface area (Å²) in [5, 5.41) is 12.3. The lowest BCUT2D eigenvalue weighted by atomic mass is 10.00. The Kier molecular flexibility index (Phi) is 6.54. The van der Waals surface area contributed by atoms with Crippen molar-refractivity contribution in [2.45, 2.75) is 44.7 Å². The highest BCUT2D eigenvalue weighted by atomic mass is 16.5. The van der Waals surface area contributed by atoms with Gasteiger partial charge < -0.3 is 10.1 Å². The highest BCUT2D eigenvalue weighted by Crippen LogP contribution is 2.28. The maximum Gasteiger partial charge on any atom is 0.319 e. The number of aryl methyl sites for hydroxylation is 1. The highest BCUT2D eigenvalue weighted by Gasteiger charge is 2.35. The van der Waals surface area contributed by atoms with Gasteiger partial charge in [-0.25, -0.2) is 0 Å². The fourth-order valence-electron chi connectivity index (χ4n) is 3.20. The van der Waals surface area contributed by atoms with Gasteiger partial charge >= 0.3 is 5.97 Å². The average molecular weight is 343 g/mol. The number of ether oxygens (including phenoxy) is 1. The maximum atomic E-state index is 12.5. The van der Waals surface area contributed by atoms with Crippen molar-refractivity contribution in [1.82, 2.24) is 10.2 Å². The van der Waals surface area contributed by atoms with Gasteiger partial charge in [0.05, 0.1) is 26.3 Å². The average Bonchev–Trinajstić information content (AvgIpc) is 3.05. The minimum Gasteiger partial charge on any atom is -0.468 e. The third-order valence-electron chi connectivity index (χ3n) is 4.65. The first-order valence-corrected chi connectivity index (χ1v) is 8.54. The number of nitrogens with zero attached hydrogens (tertiary/aromatic N) is 2. The normalized spacial score (nSPS) is 15.6. The van der Waals surface area contributed by atoms with Gasteiger partial charge in [0.1, 0.15) is 5.54 Å². The number of carbonyl (C=O) groups is 2. The molecule has 0 bridgehead atoms. The maximum absolute atomic E-state index is 12.5. The van der Waals surface area contributed by atoms with Gasteiger partial charge in [-0.3, -0.25) is 14.5 Å². The summed E-state index contributed by atoms with van der Waals surface area (Å²) in [5.41, 5.74) is 1.40. The van der Waals surface area contributed by atoms with Crippen LogP contribution in [-0.4, -0.2) is 42.5 Å². The van der Waals surface area contributed by atoms with Gasteiger partial charge in [0.15, 0.2) is 0 Å². The molecule has 0 aliphatic heterocycles. The number of rotatable bonds is 7. The Hall–Kier alpha value is -2.39. The van der Waals surface area contributed by atoms with Crippen LogP contribution in [0.4, 0.5) is 0 Å². The second kappa shape index (κ2) is 8.63. The smallest absolute Gasteiger partial charge is 0.319 e. The molecule has 25 heavy (non-hydrogen) atoms. The van der Waals surface area contributed by atoms with E-state index in [0.29, 0.717) is 19.4 Å². The Morgan fingerprint density at radius 1 is 1.28 bits per heavy atom. The summed E-state index contributed by atoms with van der Waals surface area (Å²) < 4.78 is 4.74. The van der Waals surface area contributed by atoms with E-state index < -0.39 is 11.5 Å². The molecule has 0 heterocycles. The van der Waals surface area contributed by atoms with Crippen molar-refractivity contribution >= 4 is 11.9 Å². The summed E-state index contributed by atoms with van der Waals surface area (Å²) in [6.45, 7) is 2.54. The lowest BCUT2D eigenvalue weighted by molar-refractivity contribution is -0.142. The first-order valence-electron chi connectivity index (χ1n) is 8.54. The van der Waals surface area contributed by atoms with Gasteiger partial charge in [0.2, 0.25) is 5.91 Å². The minimum absolute atomic E-state index is 0.0256. The number of esters is 1. The number of nitrogens with one attached hydrogen (secondary N) is 1. The second-order valence-corrected chi connectivity index (χ2v) is 6.60. The van der Waals surface area contributed by atoms with Crippen molar-refractivity contribution in [2.75, 3.05) is 20.2 Å². The molecule has 1 N–H and O–H groups in total. The minimum atomic E-state index is -0.753. The van der Waals surface area contributed by atoms with Crippen LogP contribution in [0.25, 0.3) is 0 Å². The van der Waals surface area contributed by atoms with Crippen LogP contribution in [0.3, 0.4) is 0 Å². The van der Waals surface area contributed by atoms with Crippen molar-refractivity contribution in [2.24, 2.45) is 0 Å². The van der Waals surface area contributed by atoms with E-state index in [2.05, 4.69) is 11.4 Å². The molecule has 1 aliphatic carbocycles.